The second-order valence-electron chi connectivity index (χ2n) is 2.86. The number of carbonyl (C=O) groups is 1. The van der Waals surface area contributed by atoms with Crippen molar-refractivity contribution in [3.05, 3.63) is 0 Å². The van der Waals surface area contributed by atoms with Crippen molar-refractivity contribution in [2.45, 2.75) is 38.0 Å². The van der Waals surface area contributed by atoms with Crippen molar-refractivity contribution in [2.24, 2.45) is 0 Å². The number of carbonyl (C=O) groups excluding carboxylic acids is 1. The van der Waals surface area contributed by atoms with Gasteiger partial charge in [0.2, 0.25) is 0 Å². The van der Waals surface area contributed by atoms with Crippen molar-refractivity contribution >= 4 is 5.97 Å². The molecule has 0 aliphatic carbocycles. The molecule has 0 spiro atoms. The number of rotatable bonds is 2. The number of aliphatic carboxylic acids is 1. The number of aliphatic hydroxyl groups is 1. The molecule has 0 radical (unpaired) electrons. The topological polar surface area (TPSA) is 72.4 Å². The van der Waals surface area contributed by atoms with E-state index in [1.807, 2.05) is 6.92 Å². The van der Waals surface area contributed by atoms with Crippen molar-refractivity contribution in [2.75, 3.05) is 0 Å². The van der Waals surface area contributed by atoms with Crippen LogP contribution in [0.1, 0.15) is 19.8 Å². The van der Waals surface area contributed by atoms with Crippen LogP contribution in [0, 0.1) is 0 Å². The van der Waals surface area contributed by atoms with Gasteiger partial charge in [-0.25, -0.2) is 0 Å². The normalized spacial score (nSPS) is 34.3. The molecular formula is C7H12NNaO3. The van der Waals surface area contributed by atoms with E-state index in [0.29, 0.717) is 0 Å². The number of aliphatic hydroxyl groups excluding tert-OH is 1. The van der Waals surface area contributed by atoms with E-state index in [9.17, 15) is 15.0 Å². The zero-order valence-electron chi connectivity index (χ0n) is 7.41. The number of nitrogens with one attached hydrogen (secondary N) is 1. The van der Waals surface area contributed by atoms with Crippen molar-refractivity contribution in [3.63, 3.8) is 0 Å². The van der Waals surface area contributed by atoms with Gasteiger partial charge in [0.1, 0.15) is 0 Å². The van der Waals surface area contributed by atoms with Crippen molar-refractivity contribution in [1.29, 1.82) is 0 Å². The Morgan fingerprint density at radius 2 is 2.33 bits per heavy atom. The fraction of sp³-hybridized carbons (Fsp3) is 0.857. The van der Waals surface area contributed by atoms with Crippen LogP contribution in [0.2, 0.25) is 0 Å². The molecule has 0 bridgehead atoms. The van der Waals surface area contributed by atoms with Crippen molar-refractivity contribution in [1.82, 2.24) is 5.32 Å². The van der Waals surface area contributed by atoms with Crippen LogP contribution < -0.4 is 40.0 Å². The molecule has 64 valence electrons. The molecule has 2 unspecified atom stereocenters. The zero-order chi connectivity index (χ0) is 8.43. The fourth-order valence-corrected chi connectivity index (χ4v) is 1.40. The van der Waals surface area contributed by atoms with Gasteiger partial charge in [0.15, 0.2) is 0 Å². The molecule has 0 aromatic carbocycles. The summed E-state index contributed by atoms with van der Waals surface area (Å²) in [5.41, 5.74) is 0. The minimum atomic E-state index is -1.12. The molecule has 1 fully saturated rings. The zero-order valence-corrected chi connectivity index (χ0v) is 9.41. The minimum absolute atomic E-state index is 0. The Labute approximate surface area is 93.6 Å². The number of carboxylic acid groups (broad SMARTS) is 1. The average Bonchev–Trinajstić information content (AvgIpc) is 2.31. The van der Waals surface area contributed by atoms with Crippen LogP contribution in [0.3, 0.4) is 0 Å². The summed E-state index contributed by atoms with van der Waals surface area (Å²) in [6.07, 6.45) is 0.467. The first-order valence-corrected chi connectivity index (χ1v) is 3.80. The molecule has 1 heterocycles. The molecule has 1 aliphatic rings. The first-order chi connectivity index (χ1) is 5.15. The van der Waals surface area contributed by atoms with Gasteiger partial charge in [0.05, 0.1) is 12.1 Å². The number of carboxylic acids is 1. The van der Waals surface area contributed by atoms with Crippen LogP contribution in [-0.2, 0) is 4.79 Å². The smallest absolute Gasteiger partial charge is 0.548 e. The Morgan fingerprint density at radius 3 is 2.58 bits per heavy atom. The van der Waals surface area contributed by atoms with E-state index < -0.39 is 18.1 Å². The van der Waals surface area contributed by atoms with E-state index in [1.165, 1.54) is 0 Å². The molecular weight excluding hydrogens is 169 g/mol. The van der Waals surface area contributed by atoms with Gasteiger partial charge in [-0.05, 0) is 12.8 Å². The maximum Gasteiger partial charge on any atom is 1.00 e. The molecule has 0 amide bonds. The van der Waals surface area contributed by atoms with Gasteiger partial charge < -0.3 is 20.3 Å². The van der Waals surface area contributed by atoms with Crippen LogP contribution in [0.25, 0.3) is 0 Å². The molecule has 4 nitrogen and oxygen atoms in total. The molecule has 1 saturated heterocycles. The monoisotopic (exact) mass is 181 g/mol. The summed E-state index contributed by atoms with van der Waals surface area (Å²) in [5, 5.41) is 22.4. The van der Waals surface area contributed by atoms with Gasteiger partial charge in [-0.1, -0.05) is 6.92 Å². The summed E-state index contributed by atoms with van der Waals surface area (Å²) in [6, 6.07) is -0.757. The first kappa shape index (κ1) is 12.4. The molecule has 0 aromatic heterocycles. The molecule has 0 aromatic rings. The van der Waals surface area contributed by atoms with Gasteiger partial charge in [-0.2, -0.15) is 0 Å². The maximum atomic E-state index is 10.3. The van der Waals surface area contributed by atoms with E-state index in [1.54, 1.807) is 0 Å². The Kier molecular flexibility index (Phi) is 5.36. The maximum absolute atomic E-state index is 10.3. The van der Waals surface area contributed by atoms with Gasteiger partial charge in [-0.3, -0.25) is 0 Å². The van der Waals surface area contributed by atoms with Crippen LogP contribution >= 0.6 is 0 Å². The molecule has 12 heavy (non-hydrogen) atoms. The summed E-state index contributed by atoms with van der Waals surface area (Å²) < 4.78 is 0. The minimum Gasteiger partial charge on any atom is -0.548 e. The predicted octanol–water partition coefficient (Wildman–Crippen LogP) is -4.76. The van der Waals surface area contributed by atoms with E-state index in [0.717, 1.165) is 6.42 Å². The van der Waals surface area contributed by atoms with E-state index >= 15 is 0 Å². The van der Waals surface area contributed by atoms with Gasteiger partial charge >= 0.3 is 29.6 Å². The largest absolute Gasteiger partial charge is 1.00 e. The van der Waals surface area contributed by atoms with E-state index in [4.69, 9.17) is 0 Å². The number of hydrogen-bond acceptors (Lipinski definition) is 4. The van der Waals surface area contributed by atoms with Crippen LogP contribution in [0.4, 0.5) is 0 Å². The molecule has 1 rings (SSSR count). The van der Waals surface area contributed by atoms with E-state index in [-0.39, 0.29) is 42.0 Å². The summed E-state index contributed by atoms with van der Waals surface area (Å²) in [7, 11) is 0. The quantitative estimate of drug-likeness (QED) is 0.420. The Morgan fingerprint density at radius 1 is 1.75 bits per heavy atom. The second-order valence-corrected chi connectivity index (χ2v) is 2.86. The summed E-state index contributed by atoms with van der Waals surface area (Å²) in [6.45, 7) is 1.90. The van der Waals surface area contributed by atoms with E-state index in [2.05, 4.69) is 5.32 Å². The third-order valence-corrected chi connectivity index (χ3v) is 2.08. The van der Waals surface area contributed by atoms with Gasteiger partial charge in [-0.15, -0.1) is 0 Å². The Bertz CT molecular complexity index is 165. The van der Waals surface area contributed by atoms with Crippen LogP contribution in [0.15, 0.2) is 0 Å². The summed E-state index contributed by atoms with van der Waals surface area (Å²) in [5.74, 6) is -1.12. The molecule has 1 aliphatic heterocycles. The second kappa shape index (κ2) is 5.19. The first-order valence-electron chi connectivity index (χ1n) is 3.80. The SMILES string of the molecule is CC[C@H]1NC(C(=O)[O-])CC1O.[Na+]. The summed E-state index contributed by atoms with van der Waals surface area (Å²) >= 11 is 0. The molecule has 3 atom stereocenters. The Balaban J connectivity index is 0.00000121. The third kappa shape index (κ3) is 2.71. The van der Waals surface area contributed by atoms with Gasteiger partial charge in [0.25, 0.3) is 0 Å². The fourth-order valence-electron chi connectivity index (χ4n) is 1.40. The molecule has 0 saturated carbocycles. The summed E-state index contributed by atoms with van der Waals surface area (Å²) in [4.78, 5) is 10.3. The van der Waals surface area contributed by atoms with Crippen molar-refractivity contribution < 1.29 is 44.6 Å². The molecule has 5 heteroatoms. The standard InChI is InChI=1S/C7H13NO3.Na/c1-2-4-6(9)3-5(8-4)7(10)11;/h4-6,8-9H,2-3H2,1H3,(H,10,11);/q;+1/p-1/t4-,5?,6?;/m1./s1. The number of hydrogen-bond donors (Lipinski definition) is 2. The Hall–Kier alpha value is 0.390. The average molecular weight is 181 g/mol. The van der Waals surface area contributed by atoms with Crippen LogP contribution in [0.5, 0.6) is 0 Å². The molecule has 2 N–H and O–H groups in total. The van der Waals surface area contributed by atoms with Crippen LogP contribution in [-0.4, -0.2) is 29.3 Å². The van der Waals surface area contributed by atoms with Gasteiger partial charge in [0, 0.05) is 12.1 Å². The third-order valence-electron chi connectivity index (χ3n) is 2.08. The predicted molar refractivity (Wildman–Crippen MR) is 36.6 cm³/mol. The van der Waals surface area contributed by atoms with Crippen molar-refractivity contribution in [3.8, 4) is 0 Å².